The van der Waals surface area contributed by atoms with Crippen molar-refractivity contribution in [2.24, 2.45) is 0 Å². The predicted molar refractivity (Wildman–Crippen MR) is 143 cm³/mol. The molecule has 1 atom stereocenters. The number of carbonyl (C=O) groups is 1. The standard InChI is InChI=1S/C25H24Cl2N2O4S2/c26-20-9-6-10-21(27)19(20)16-34-14-13-28-25(30)24-15-29(22-11-4-5-12-23(22)33-24)35(31,32)17-18-7-2-1-3-8-18/h1-12,24H,13-17H2,(H,28,30). The number of para-hydroxylation sites is 2. The summed E-state index contributed by atoms with van der Waals surface area (Å²) < 4.78 is 33.7. The third-order valence-corrected chi connectivity index (χ3v) is 8.82. The molecule has 1 aliphatic heterocycles. The number of anilines is 1. The predicted octanol–water partition coefficient (Wildman–Crippen LogP) is 5.14. The molecule has 3 aromatic carbocycles. The molecule has 0 fully saturated rings. The molecule has 10 heteroatoms. The number of nitrogens with zero attached hydrogens (tertiary/aromatic N) is 1. The van der Waals surface area contributed by atoms with E-state index in [1.54, 1.807) is 78.5 Å². The van der Waals surface area contributed by atoms with Gasteiger partial charge in [0.25, 0.3) is 5.91 Å². The van der Waals surface area contributed by atoms with E-state index in [2.05, 4.69) is 5.32 Å². The van der Waals surface area contributed by atoms with Gasteiger partial charge >= 0.3 is 0 Å². The van der Waals surface area contributed by atoms with Gasteiger partial charge < -0.3 is 10.1 Å². The van der Waals surface area contributed by atoms with Crippen molar-refractivity contribution in [2.75, 3.05) is 23.1 Å². The maximum atomic E-state index is 13.3. The van der Waals surface area contributed by atoms with Gasteiger partial charge in [-0.15, -0.1) is 0 Å². The molecule has 0 aliphatic carbocycles. The zero-order valence-corrected chi connectivity index (χ0v) is 21.8. The topological polar surface area (TPSA) is 75.7 Å². The lowest BCUT2D eigenvalue weighted by Crippen LogP contribution is -2.51. The lowest BCUT2D eigenvalue weighted by Gasteiger charge is -2.34. The first-order chi connectivity index (χ1) is 16.8. The number of carbonyl (C=O) groups excluding carboxylic acids is 1. The lowest BCUT2D eigenvalue weighted by atomic mass is 10.2. The van der Waals surface area contributed by atoms with E-state index in [1.807, 2.05) is 6.07 Å². The van der Waals surface area contributed by atoms with E-state index in [0.29, 0.717) is 45.1 Å². The van der Waals surface area contributed by atoms with Crippen molar-refractivity contribution in [2.45, 2.75) is 17.6 Å². The number of nitrogens with one attached hydrogen (secondary N) is 1. The van der Waals surface area contributed by atoms with E-state index in [-0.39, 0.29) is 18.2 Å². The number of amides is 1. The first-order valence-electron chi connectivity index (χ1n) is 10.9. The molecule has 1 N–H and O–H groups in total. The van der Waals surface area contributed by atoms with Crippen molar-refractivity contribution in [3.63, 3.8) is 0 Å². The summed E-state index contributed by atoms with van der Waals surface area (Å²) in [5.41, 5.74) is 1.96. The summed E-state index contributed by atoms with van der Waals surface area (Å²) in [6.07, 6.45) is -0.960. The van der Waals surface area contributed by atoms with Crippen LogP contribution in [0.25, 0.3) is 0 Å². The molecule has 1 heterocycles. The first-order valence-corrected chi connectivity index (χ1v) is 14.5. The van der Waals surface area contributed by atoms with Crippen molar-refractivity contribution in [3.8, 4) is 5.75 Å². The minimum absolute atomic E-state index is 0.0968. The first kappa shape index (κ1) is 25.7. The van der Waals surface area contributed by atoms with Crippen LogP contribution < -0.4 is 14.4 Å². The summed E-state index contributed by atoms with van der Waals surface area (Å²) in [5, 5.41) is 4.07. The smallest absolute Gasteiger partial charge is 0.263 e. The second kappa shape index (κ2) is 11.6. The van der Waals surface area contributed by atoms with Gasteiger partial charge in [0.05, 0.1) is 18.0 Å². The number of hydrogen-bond donors (Lipinski definition) is 1. The lowest BCUT2D eigenvalue weighted by molar-refractivity contribution is -0.127. The summed E-state index contributed by atoms with van der Waals surface area (Å²) in [5.74, 6) is 1.08. The van der Waals surface area contributed by atoms with Crippen LogP contribution in [-0.4, -0.2) is 39.3 Å². The van der Waals surface area contributed by atoms with Crippen molar-refractivity contribution >= 4 is 56.6 Å². The molecule has 0 aromatic heterocycles. The van der Waals surface area contributed by atoms with Crippen LogP contribution in [0.2, 0.25) is 10.0 Å². The number of hydrogen-bond acceptors (Lipinski definition) is 5. The molecule has 1 amide bonds. The van der Waals surface area contributed by atoms with Crippen LogP contribution in [-0.2, 0) is 26.3 Å². The highest BCUT2D eigenvalue weighted by Gasteiger charge is 2.36. The number of ether oxygens (including phenoxy) is 1. The maximum absolute atomic E-state index is 13.3. The number of sulfonamides is 1. The van der Waals surface area contributed by atoms with Gasteiger partial charge in [-0.25, -0.2) is 8.42 Å². The highest BCUT2D eigenvalue weighted by atomic mass is 35.5. The number of rotatable bonds is 9. The van der Waals surface area contributed by atoms with Crippen molar-refractivity contribution in [3.05, 3.63) is 94.0 Å². The van der Waals surface area contributed by atoms with E-state index in [9.17, 15) is 13.2 Å². The molecule has 0 spiro atoms. The Morgan fingerprint density at radius 1 is 1.00 bits per heavy atom. The molecule has 35 heavy (non-hydrogen) atoms. The Labute approximate surface area is 219 Å². The molecule has 1 aliphatic rings. The van der Waals surface area contributed by atoms with Crippen molar-refractivity contribution in [1.82, 2.24) is 5.32 Å². The Hall–Kier alpha value is -2.39. The molecule has 0 radical (unpaired) electrons. The quantitative estimate of drug-likeness (QED) is 0.373. The fourth-order valence-corrected chi connectivity index (χ4v) is 6.85. The third kappa shape index (κ3) is 6.44. The fourth-order valence-electron chi connectivity index (χ4n) is 3.67. The van der Waals surface area contributed by atoms with Crippen LogP contribution in [0.5, 0.6) is 5.75 Å². The van der Waals surface area contributed by atoms with Crippen LogP contribution in [0.4, 0.5) is 5.69 Å². The van der Waals surface area contributed by atoms with Crippen molar-refractivity contribution < 1.29 is 17.9 Å². The number of halogens is 2. The summed E-state index contributed by atoms with van der Waals surface area (Å²) in [4.78, 5) is 12.9. The highest BCUT2D eigenvalue weighted by molar-refractivity contribution is 7.98. The van der Waals surface area contributed by atoms with Gasteiger partial charge in [-0.1, -0.05) is 71.7 Å². The molecule has 4 rings (SSSR count). The van der Waals surface area contributed by atoms with Crippen LogP contribution in [0.1, 0.15) is 11.1 Å². The van der Waals surface area contributed by atoms with Gasteiger partial charge in [-0.3, -0.25) is 9.10 Å². The van der Waals surface area contributed by atoms with Crippen LogP contribution in [0.15, 0.2) is 72.8 Å². The van der Waals surface area contributed by atoms with E-state index in [1.165, 1.54) is 4.31 Å². The zero-order chi connectivity index (χ0) is 24.8. The number of thioether (sulfide) groups is 1. The summed E-state index contributed by atoms with van der Waals surface area (Å²) in [7, 11) is -3.74. The Morgan fingerprint density at radius 2 is 1.69 bits per heavy atom. The molecule has 0 saturated carbocycles. The minimum Gasteiger partial charge on any atom is -0.476 e. The second-order valence-corrected chi connectivity index (χ2v) is 11.7. The second-order valence-electron chi connectivity index (χ2n) is 7.89. The number of benzene rings is 3. The Kier molecular flexibility index (Phi) is 8.49. The Balaban J connectivity index is 1.38. The van der Waals surface area contributed by atoms with Gasteiger partial charge in [0.2, 0.25) is 10.0 Å². The fraction of sp³-hybridized carbons (Fsp3) is 0.240. The number of fused-ring (bicyclic) bond motifs is 1. The van der Waals surface area contributed by atoms with E-state index in [0.717, 1.165) is 5.56 Å². The van der Waals surface area contributed by atoms with Crippen molar-refractivity contribution in [1.29, 1.82) is 0 Å². The molecule has 1 unspecified atom stereocenters. The van der Waals surface area contributed by atoms with Crippen LogP contribution in [0, 0.1) is 0 Å². The zero-order valence-electron chi connectivity index (χ0n) is 18.7. The molecule has 3 aromatic rings. The Bertz CT molecular complexity index is 1270. The maximum Gasteiger partial charge on any atom is 0.263 e. The average molecular weight is 552 g/mol. The Morgan fingerprint density at radius 3 is 2.43 bits per heavy atom. The molecule has 0 saturated heterocycles. The van der Waals surface area contributed by atoms with Gasteiger partial charge in [-0.05, 0) is 35.4 Å². The third-order valence-electron chi connectivity index (χ3n) is 5.41. The largest absolute Gasteiger partial charge is 0.476 e. The normalized spacial score (nSPS) is 15.3. The van der Waals surface area contributed by atoms with Gasteiger partial charge in [0, 0.05) is 28.1 Å². The van der Waals surface area contributed by atoms with Gasteiger partial charge in [-0.2, -0.15) is 11.8 Å². The van der Waals surface area contributed by atoms with Gasteiger partial charge in [0.1, 0.15) is 5.75 Å². The molecule has 0 bridgehead atoms. The summed E-state index contributed by atoms with van der Waals surface area (Å²) >= 11 is 14.0. The van der Waals surface area contributed by atoms with E-state index in [4.69, 9.17) is 27.9 Å². The summed E-state index contributed by atoms with van der Waals surface area (Å²) in [6.45, 7) is 0.296. The molecule has 184 valence electrons. The molecular weight excluding hydrogens is 527 g/mol. The van der Waals surface area contributed by atoms with Gasteiger partial charge in [0.15, 0.2) is 6.10 Å². The van der Waals surface area contributed by atoms with E-state index >= 15 is 0 Å². The monoisotopic (exact) mass is 550 g/mol. The van der Waals surface area contributed by atoms with Crippen LogP contribution >= 0.6 is 35.0 Å². The summed E-state index contributed by atoms with van der Waals surface area (Å²) in [6, 6.07) is 21.2. The molecular formula is C25H24Cl2N2O4S2. The minimum atomic E-state index is -3.74. The van der Waals surface area contributed by atoms with E-state index < -0.39 is 16.1 Å². The SMILES string of the molecule is O=C(NCCSCc1c(Cl)cccc1Cl)C1CN(S(=O)(=O)Cc2ccccc2)c2ccccc2O1. The highest BCUT2D eigenvalue weighted by Crippen LogP contribution is 2.36. The average Bonchev–Trinajstić information content (AvgIpc) is 2.85. The van der Waals surface area contributed by atoms with Crippen LogP contribution in [0.3, 0.4) is 0 Å². The molecule has 6 nitrogen and oxygen atoms in total.